The van der Waals surface area contributed by atoms with Crippen LogP contribution in [-0.2, 0) is 4.79 Å². The molecule has 1 amide bonds. The third-order valence-electron chi connectivity index (χ3n) is 3.02. The van der Waals surface area contributed by atoms with Gasteiger partial charge in [0.1, 0.15) is 17.7 Å². The van der Waals surface area contributed by atoms with Crippen molar-refractivity contribution in [2.75, 3.05) is 10.6 Å². The van der Waals surface area contributed by atoms with Crippen LogP contribution in [0.25, 0.3) is 0 Å². The molecule has 120 valence electrons. The molecule has 2 aromatic rings. The van der Waals surface area contributed by atoms with Crippen LogP contribution in [0.4, 0.5) is 25.8 Å². The summed E-state index contributed by atoms with van der Waals surface area (Å²) >= 11 is 0. The first-order valence-electron chi connectivity index (χ1n) is 6.63. The number of nitrogens with zero attached hydrogens (tertiary/aromatic N) is 1. The Hall–Kier alpha value is -3.03. The lowest BCUT2D eigenvalue weighted by Crippen LogP contribution is -2.32. The number of carbonyl (C=O) groups is 1. The van der Waals surface area contributed by atoms with Crippen molar-refractivity contribution in [1.82, 2.24) is 0 Å². The molecule has 0 radical (unpaired) electrons. The molecule has 6 nitrogen and oxygen atoms in total. The number of nitrogens with one attached hydrogen (secondary N) is 2. The molecule has 0 heterocycles. The Kier molecular flexibility index (Phi) is 4.85. The predicted molar refractivity (Wildman–Crippen MR) is 81.2 cm³/mol. The van der Waals surface area contributed by atoms with Crippen LogP contribution in [0, 0.1) is 21.7 Å². The number of halogens is 2. The van der Waals surface area contributed by atoms with Gasteiger partial charge in [-0.25, -0.2) is 8.78 Å². The highest BCUT2D eigenvalue weighted by molar-refractivity contribution is 5.96. The summed E-state index contributed by atoms with van der Waals surface area (Å²) in [6, 6.07) is 7.65. The van der Waals surface area contributed by atoms with Crippen molar-refractivity contribution < 1.29 is 18.5 Å². The highest BCUT2D eigenvalue weighted by Crippen LogP contribution is 2.19. The van der Waals surface area contributed by atoms with Crippen molar-refractivity contribution in [2.45, 2.75) is 13.0 Å². The van der Waals surface area contributed by atoms with E-state index < -0.39 is 28.5 Å². The lowest BCUT2D eigenvalue weighted by Gasteiger charge is -2.15. The fraction of sp³-hybridized carbons (Fsp3) is 0.133. The molecular weight excluding hydrogens is 308 g/mol. The summed E-state index contributed by atoms with van der Waals surface area (Å²) in [5.74, 6) is -2.20. The molecule has 2 aromatic carbocycles. The van der Waals surface area contributed by atoms with E-state index in [9.17, 15) is 23.7 Å². The number of anilines is 2. The van der Waals surface area contributed by atoms with Crippen LogP contribution in [0.1, 0.15) is 6.92 Å². The Bertz CT molecular complexity index is 752. The zero-order valence-corrected chi connectivity index (χ0v) is 12.0. The number of rotatable bonds is 5. The van der Waals surface area contributed by atoms with Crippen LogP contribution < -0.4 is 10.6 Å². The molecule has 0 fully saturated rings. The SMILES string of the molecule is C[C@H](Nc1cccc([N+](=O)[O-])c1)C(=O)Nc1ccc(F)cc1F. The molecule has 1 atom stereocenters. The number of carbonyl (C=O) groups excluding carboxylic acids is 1. The molecular formula is C15H13F2N3O3. The van der Waals surface area contributed by atoms with Crippen molar-refractivity contribution in [3.05, 3.63) is 64.2 Å². The number of amides is 1. The van der Waals surface area contributed by atoms with Gasteiger partial charge in [-0.05, 0) is 25.1 Å². The summed E-state index contributed by atoms with van der Waals surface area (Å²) < 4.78 is 26.3. The molecule has 8 heteroatoms. The minimum atomic E-state index is -0.888. The fourth-order valence-corrected chi connectivity index (χ4v) is 1.86. The van der Waals surface area contributed by atoms with E-state index in [1.807, 2.05) is 0 Å². The summed E-state index contributed by atoms with van der Waals surface area (Å²) in [5, 5.41) is 15.8. The average molecular weight is 321 g/mol. The Labute approximate surface area is 130 Å². The molecule has 0 spiro atoms. The molecule has 0 saturated heterocycles. The van der Waals surface area contributed by atoms with Crippen molar-refractivity contribution in [3.8, 4) is 0 Å². The van der Waals surface area contributed by atoms with Gasteiger partial charge in [-0.3, -0.25) is 14.9 Å². The molecule has 0 saturated carbocycles. The van der Waals surface area contributed by atoms with Gasteiger partial charge in [0.25, 0.3) is 5.69 Å². The van der Waals surface area contributed by atoms with E-state index in [4.69, 9.17) is 0 Å². The number of hydrogen-bond donors (Lipinski definition) is 2. The number of nitro benzene ring substituents is 1. The summed E-state index contributed by atoms with van der Waals surface area (Å²) in [6.07, 6.45) is 0. The van der Waals surface area contributed by atoms with E-state index in [2.05, 4.69) is 10.6 Å². The molecule has 2 N–H and O–H groups in total. The predicted octanol–water partition coefficient (Wildman–Crippen LogP) is 3.31. The second-order valence-corrected chi connectivity index (χ2v) is 4.79. The van der Waals surface area contributed by atoms with E-state index in [0.29, 0.717) is 11.8 Å². The van der Waals surface area contributed by atoms with Gasteiger partial charge >= 0.3 is 0 Å². The molecule has 0 bridgehead atoms. The first-order chi connectivity index (χ1) is 10.9. The van der Waals surface area contributed by atoms with Crippen LogP contribution in [0.3, 0.4) is 0 Å². The summed E-state index contributed by atoms with van der Waals surface area (Å²) in [7, 11) is 0. The third kappa shape index (κ3) is 4.22. The van der Waals surface area contributed by atoms with Crippen LogP contribution in [0.2, 0.25) is 0 Å². The molecule has 0 aliphatic carbocycles. The molecule has 0 aliphatic rings. The molecule has 0 aliphatic heterocycles. The second kappa shape index (κ2) is 6.82. The lowest BCUT2D eigenvalue weighted by atomic mass is 10.2. The Morgan fingerprint density at radius 3 is 2.61 bits per heavy atom. The standard InChI is InChI=1S/C15H13F2N3O3/c1-9(18-11-3-2-4-12(8-11)20(22)23)15(21)19-14-6-5-10(16)7-13(14)17/h2-9,18H,1H3,(H,19,21)/t9-/m0/s1. The third-order valence-corrected chi connectivity index (χ3v) is 3.02. The van der Waals surface area contributed by atoms with Crippen molar-refractivity contribution in [1.29, 1.82) is 0 Å². The highest BCUT2D eigenvalue weighted by atomic mass is 19.1. The zero-order valence-electron chi connectivity index (χ0n) is 12.0. The average Bonchev–Trinajstić information content (AvgIpc) is 2.50. The van der Waals surface area contributed by atoms with Crippen molar-refractivity contribution in [2.24, 2.45) is 0 Å². The topological polar surface area (TPSA) is 84.3 Å². The van der Waals surface area contributed by atoms with Gasteiger partial charge in [-0.2, -0.15) is 0 Å². The van der Waals surface area contributed by atoms with Crippen LogP contribution in [-0.4, -0.2) is 16.9 Å². The molecule has 0 aromatic heterocycles. The van der Waals surface area contributed by atoms with E-state index in [1.165, 1.54) is 25.1 Å². The first-order valence-corrected chi connectivity index (χ1v) is 6.63. The second-order valence-electron chi connectivity index (χ2n) is 4.79. The van der Waals surface area contributed by atoms with Crippen molar-refractivity contribution in [3.63, 3.8) is 0 Å². The number of benzene rings is 2. The first kappa shape index (κ1) is 16.3. The Morgan fingerprint density at radius 2 is 1.96 bits per heavy atom. The van der Waals surface area contributed by atoms with Gasteiger partial charge in [0.15, 0.2) is 0 Å². The molecule has 0 unspecified atom stereocenters. The zero-order chi connectivity index (χ0) is 17.0. The number of hydrogen-bond acceptors (Lipinski definition) is 4. The van der Waals surface area contributed by atoms with Crippen LogP contribution in [0.5, 0.6) is 0 Å². The maximum atomic E-state index is 13.5. The van der Waals surface area contributed by atoms with Crippen LogP contribution >= 0.6 is 0 Å². The van der Waals surface area contributed by atoms with E-state index in [0.717, 1.165) is 12.1 Å². The van der Waals surface area contributed by atoms with Gasteiger partial charge < -0.3 is 10.6 Å². The van der Waals surface area contributed by atoms with Gasteiger partial charge in [0.05, 0.1) is 10.6 Å². The normalized spacial score (nSPS) is 11.6. The summed E-state index contributed by atoms with van der Waals surface area (Å²) in [6.45, 7) is 1.51. The van der Waals surface area contributed by atoms with Crippen LogP contribution in [0.15, 0.2) is 42.5 Å². The van der Waals surface area contributed by atoms with E-state index in [1.54, 1.807) is 6.07 Å². The minimum Gasteiger partial charge on any atom is -0.374 e. The number of non-ortho nitro benzene ring substituents is 1. The Morgan fingerprint density at radius 1 is 1.22 bits per heavy atom. The minimum absolute atomic E-state index is 0.118. The Balaban J connectivity index is 2.05. The number of nitro groups is 1. The smallest absolute Gasteiger partial charge is 0.271 e. The van der Waals surface area contributed by atoms with Gasteiger partial charge in [-0.15, -0.1) is 0 Å². The summed E-state index contributed by atoms with van der Waals surface area (Å²) in [5.41, 5.74) is 0.109. The van der Waals surface area contributed by atoms with Gasteiger partial charge in [-0.1, -0.05) is 6.07 Å². The van der Waals surface area contributed by atoms with Gasteiger partial charge in [0.2, 0.25) is 5.91 Å². The van der Waals surface area contributed by atoms with E-state index in [-0.39, 0.29) is 11.4 Å². The van der Waals surface area contributed by atoms with E-state index >= 15 is 0 Å². The highest BCUT2D eigenvalue weighted by Gasteiger charge is 2.16. The quantitative estimate of drug-likeness (QED) is 0.653. The fourth-order valence-electron chi connectivity index (χ4n) is 1.86. The largest absolute Gasteiger partial charge is 0.374 e. The molecule has 23 heavy (non-hydrogen) atoms. The summed E-state index contributed by atoms with van der Waals surface area (Å²) in [4.78, 5) is 22.2. The maximum absolute atomic E-state index is 13.5. The van der Waals surface area contributed by atoms with Crippen molar-refractivity contribution >= 4 is 23.0 Å². The molecule has 2 rings (SSSR count). The lowest BCUT2D eigenvalue weighted by molar-refractivity contribution is -0.384. The van der Waals surface area contributed by atoms with Gasteiger partial charge in [0, 0.05) is 23.9 Å². The maximum Gasteiger partial charge on any atom is 0.271 e. The monoisotopic (exact) mass is 321 g/mol.